The van der Waals surface area contributed by atoms with E-state index >= 15 is 0 Å². The van der Waals surface area contributed by atoms with Crippen LogP contribution in [0.2, 0.25) is 5.02 Å². The molecule has 0 saturated heterocycles. The van der Waals surface area contributed by atoms with Crippen LogP contribution < -0.4 is 5.73 Å². The molecule has 0 aliphatic rings. The Balaban J connectivity index is 2.41. The summed E-state index contributed by atoms with van der Waals surface area (Å²) in [6.07, 6.45) is 1.57. The normalized spacial score (nSPS) is 11.6. The number of nitrogens with two attached hydrogens (primary N) is 1. The first kappa shape index (κ1) is 12.3. The molecule has 0 saturated carbocycles. The zero-order valence-electron chi connectivity index (χ0n) is 8.63. The Hall–Kier alpha value is -1.11. The summed E-state index contributed by atoms with van der Waals surface area (Å²) in [7, 11) is -3.50. The molecule has 0 fully saturated rings. The average Bonchev–Trinajstić information content (AvgIpc) is 2.73. The van der Waals surface area contributed by atoms with Gasteiger partial charge in [0, 0.05) is 17.3 Å². The highest BCUT2D eigenvalue weighted by molar-refractivity contribution is 7.90. The highest BCUT2D eigenvalue weighted by Crippen LogP contribution is 2.27. The molecule has 0 aliphatic carbocycles. The number of benzene rings is 1. The van der Waals surface area contributed by atoms with Crippen LogP contribution >= 0.6 is 22.9 Å². The minimum Gasteiger partial charge on any atom is -0.399 e. The number of rotatable bonds is 3. The fourth-order valence-electron chi connectivity index (χ4n) is 1.32. The first-order valence-electron chi connectivity index (χ1n) is 4.65. The molecule has 0 atom stereocenters. The fourth-order valence-corrected chi connectivity index (χ4v) is 4.17. The topological polar surface area (TPSA) is 73.1 Å². The van der Waals surface area contributed by atoms with E-state index in [0.29, 0.717) is 10.7 Å². The summed E-state index contributed by atoms with van der Waals surface area (Å²) in [5, 5.41) is 2.44. The van der Waals surface area contributed by atoms with Gasteiger partial charge < -0.3 is 5.73 Å². The van der Waals surface area contributed by atoms with Crippen LogP contribution in [-0.4, -0.2) is 13.4 Å². The van der Waals surface area contributed by atoms with Gasteiger partial charge in [0.2, 0.25) is 0 Å². The van der Waals surface area contributed by atoms with Crippen molar-refractivity contribution in [1.82, 2.24) is 4.98 Å². The Morgan fingerprint density at radius 2 is 2.18 bits per heavy atom. The smallest absolute Gasteiger partial charge is 0.186 e. The van der Waals surface area contributed by atoms with Crippen molar-refractivity contribution in [1.29, 1.82) is 0 Å². The van der Waals surface area contributed by atoms with Gasteiger partial charge in [0.1, 0.15) is 10.8 Å². The summed E-state index contributed by atoms with van der Waals surface area (Å²) in [5.74, 6) is -0.159. The lowest BCUT2D eigenvalue weighted by Gasteiger charge is -2.05. The highest BCUT2D eigenvalue weighted by atomic mass is 35.5. The van der Waals surface area contributed by atoms with Crippen molar-refractivity contribution in [2.24, 2.45) is 0 Å². The Labute approximate surface area is 108 Å². The van der Waals surface area contributed by atoms with Crippen molar-refractivity contribution in [3.63, 3.8) is 0 Å². The number of aromatic nitrogens is 1. The number of hydrogen-bond acceptors (Lipinski definition) is 5. The number of nitrogen functional groups attached to an aromatic ring is 1. The minimum atomic E-state index is -3.50. The molecule has 0 amide bonds. The molecule has 0 unspecified atom stereocenters. The third-order valence-corrected chi connectivity index (χ3v) is 5.15. The van der Waals surface area contributed by atoms with Gasteiger partial charge in [-0.3, -0.25) is 0 Å². The van der Waals surface area contributed by atoms with Crippen LogP contribution in [0.1, 0.15) is 5.01 Å². The lowest BCUT2D eigenvalue weighted by molar-refractivity contribution is 0.595. The third kappa shape index (κ3) is 2.77. The van der Waals surface area contributed by atoms with E-state index in [2.05, 4.69) is 4.98 Å². The second kappa shape index (κ2) is 4.64. The van der Waals surface area contributed by atoms with E-state index in [1.165, 1.54) is 23.5 Å². The number of nitrogens with zero attached hydrogens (tertiary/aromatic N) is 1. The molecule has 1 heterocycles. The molecule has 0 radical (unpaired) electrons. The van der Waals surface area contributed by atoms with Gasteiger partial charge in [0.05, 0.1) is 9.92 Å². The fraction of sp³-hybridized carbons (Fsp3) is 0.100. The van der Waals surface area contributed by atoms with Crippen LogP contribution in [0.5, 0.6) is 0 Å². The van der Waals surface area contributed by atoms with Crippen molar-refractivity contribution in [3.05, 3.63) is 39.8 Å². The quantitative estimate of drug-likeness (QED) is 0.880. The maximum absolute atomic E-state index is 12.1. The Morgan fingerprint density at radius 1 is 1.41 bits per heavy atom. The number of halogens is 1. The number of thiazole rings is 1. The molecular formula is C10H9ClN2O2S2. The SMILES string of the molecule is Nc1ccc(Cl)c(S(=O)(=O)Cc2nccs2)c1. The minimum absolute atomic E-state index is 0.0503. The lowest BCUT2D eigenvalue weighted by Crippen LogP contribution is -2.06. The second-order valence-electron chi connectivity index (χ2n) is 3.37. The van der Waals surface area contributed by atoms with Crippen molar-refractivity contribution in [2.75, 3.05) is 5.73 Å². The predicted molar refractivity (Wildman–Crippen MR) is 68.9 cm³/mol. The van der Waals surface area contributed by atoms with Crippen molar-refractivity contribution < 1.29 is 8.42 Å². The number of sulfone groups is 1. The summed E-state index contributed by atoms with van der Waals surface area (Å²) in [5.41, 5.74) is 5.93. The van der Waals surface area contributed by atoms with Crippen molar-refractivity contribution in [2.45, 2.75) is 10.6 Å². The average molecular weight is 289 g/mol. The van der Waals surface area contributed by atoms with Gasteiger partial charge in [0.15, 0.2) is 9.84 Å². The zero-order chi connectivity index (χ0) is 12.5. The van der Waals surface area contributed by atoms with Gasteiger partial charge >= 0.3 is 0 Å². The second-order valence-corrected chi connectivity index (χ2v) is 6.72. The molecule has 0 spiro atoms. The van der Waals surface area contributed by atoms with Gasteiger partial charge in [-0.2, -0.15) is 0 Å². The first-order valence-corrected chi connectivity index (χ1v) is 7.56. The van der Waals surface area contributed by atoms with Crippen LogP contribution in [0.4, 0.5) is 5.69 Å². The maximum Gasteiger partial charge on any atom is 0.186 e. The summed E-state index contributed by atoms with van der Waals surface area (Å²) < 4.78 is 24.2. The molecule has 1 aromatic carbocycles. The van der Waals surface area contributed by atoms with Crippen LogP contribution in [-0.2, 0) is 15.6 Å². The Bertz CT molecular complexity index is 624. The van der Waals surface area contributed by atoms with E-state index < -0.39 is 9.84 Å². The van der Waals surface area contributed by atoms with E-state index in [0.717, 1.165) is 0 Å². The van der Waals surface area contributed by atoms with E-state index in [1.807, 2.05) is 0 Å². The summed E-state index contributed by atoms with van der Waals surface area (Å²) in [6.45, 7) is 0. The van der Waals surface area contributed by atoms with E-state index in [9.17, 15) is 8.42 Å². The van der Waals surface area contributed by atoms with Crippen LogP contribution in [0.15, 0.2) is 34.7 Å². The standard InChI is InChI=1S/C10H9ClN2O2S2/c11-8-2-1-7(12)5-9(8)17(14,15)6-10-13-3-4-16-10/h1-5H,6,12H2. The summed E-state index contributed by atoms with van der Waals surface area (Å²) in [4.78, 5) is 3.99. The molecule has 2 aromatic rings. The summed E-state index contributed by atoms with van der Waals surface area (Å²) in [6, 6.07) is 4.40. The van der Waals surface area contributed by atoms with E-state index in [-0.39, 0.29) is 15.7 Å². The van der Waals surface area contributed by atoms with E-state index in [1.54, 1.807) is 17.6 Å². The first-order chi connectivity index (χ1) is 7.99. The molecule has 17 heavy (non-hydrogen) atoms. The zero-order valence-corrected chi connectivity index (χ0v) is 11.0. The lowest BCUT2D eigenvalue weighted by atomic mass is 10.3. The molecule has 2 rings (SSSR count). The molecule has 90 valence electrons. The van der Waals surface area contributed by atoms with Crippen molar-refractivity contribution in [3.8, 4) is 0 Å². The van der Waals surface area contributed by atoms with Crippen LogP contribution in [0.3, 0.4) is 0 Å². The third-order valence-electron chi connectivity index (χ3n) is 2.09. The summed E-state index contributed by atoms with van der Waals surface area (Å²) >= 11 is 7.16. The number of anilines is 1. The van der Waals surface area contributed by atoms with Gasteiger partial charge in [0.25, 0.3) is 0 Å². The number of hydrogen-bond donors (Lipinski definition) is 1. The largest absolute Gasteiger partial charge is 0.399 e. The van der Waals surface area contributed by atoms with Crippen LogP contribution in [0.25, 0.3) is 0 Å². The Morgan fingerprint density at radius 3 is 2.82 bits per heavy atom. The van der Waals surface area contributed by atoms with Gasteiger partial charge in [-0.1, -0.05) is 11.6 Å². The molecule has 7 heteroatoms. The highest BCUT2D eigenvalue weighted by Gasteiger charge is 2.20. The van der Waals surface area contributed by atoms with Crippen molar-refractivity contribution >= 4 is 38.5 Å². The van der Waals surface area contributed by atoms with Gasteiger partial charge in [-0.15, -0.1) is 11.3 Å². The molecule has 0 aliphatic heterocycles. The molecule has 2 N–H and O–H groups in total. The molecule has 1 aromatic heterocycles. The van der Waals surface area contributed by atoms with Crippen LogP contribution in [0, 0.1) is 0 Å². The van der Waals surface area contributed by atoms with Gasteiger partial charge in [-0.25, -0.2) is 13.4 Å². The molecule has 0 bridgehead atoms. The van der Waals surface area contributed by atoms with Gasteiger partial charge in [-0.05, 0) is 18.2 Å². The monoisotopic (exact) mass is 288 g/mol. The predicted octanol–water partition coefficient (Wildman–Crippen LogP) is 2.35. The molecular weight excluding hydrogens is 280 g/mol. The Kier molecular flexibility index (Phi) is 3.37. The molecule has 4 nitrogen and oxygen atoms in total. The maximum atomic E-state index is 12.1. The van der Waals surface area contributed by atoms with E-state index in [4.69, 9.17) is 17.3 Å².